The third-order valence-electron chi connectivity index (χ3n) is 3.07. The molecule has 8 heteroatoms. The number of sulfonamides is 1. The van der Waals surface area contributed by atoms with Crippen LogP contribution < -0.4 is 14.8 Å². The topological polar surface area (TPSA) is 108 Å². The standard InChI is InChI=1S/C16H15N3O4S/c1-18-24(21,22)15-8-4-13(5-9-15)19-16(20)11-23-14-6-2-12(10-17)3-7-14/h2-9,18H,11H2,1H3,(H,19,20). The van der Waals surface area contributed by atoms with Gasteiger partial charge in [0.15, 0.2) is 6.61 Å². The van der Waals surface area contributed by atoms with Gasteiger partial charge in [0.05, 0.1) is 16.5 Å². The monoisotopic (exact) mass is 345 g/mol. The molecule has 1 amide bonds. The molecule has 2 rings (SSSR count). The summed E-state index contributed by atoms with van der Waals surface area (Å²) in [6.07, 6.45) is 0. The van der Waals surface area contributed by atoms with Gasteiger partial charge >= 0.3 is 0 Å². The van der Waals surface area contributed by atoms with Crippen molar-refractivity contribution in [1.29, 1.82) is 5.26 Å². The second-order valence-electron chi connectivity index (χ2n) is 4.70. The quantitative estimate of drug-likeness (QED) is 0.824. The predicted octanol–water partition coefficient (Wildman–Crippen LogP) is 1.48. The molecule has 2 aromatic carbocycles. The van der Waals surface area contributed by atoms with Gasteiger partial charge < -0.3 is 10.1 Å². The Morgan fingerprint density at radius 2 is 1.75 bits per heavy atom. The second kappa shape index (κ2) is 7.59. The van der Waals surface area contributed by atoms with E-state index in [0.29, 0.717) is 17.0 Å². The molecular formula is C16H15N3O4S. The average molecular weight is 345 g/mol. The molecule has 7 nitrogen and oxygen atoms in total. The summed E-state index contributed by atoms with van der Waals surface area (Å²) in [5.74, 6) is 0.0863. The van der Waals surface area contributed by atoms with Crippen molar-refractivity contribution in [3.63, 3.8) is 0 Å². The van der Waals surface area contributed by atoms with Crippen LogP contribution in [-0.2, 0) is 14.8 Å². The number of nitriles is 1. The van der Waals surface area contributed by atoms with Crippen LogP contribution in [0.2, 0.25) is 0 Å². The lowest BCUT2D eigenvalue weighted by Gasteiger charge is -2.08. The number of nitrogens with zero attached hydrogens (tertiary/aromatic N) is 1. The normalized spacial score (nSPS) is 10.7. The van der Waals surface area contributed by atoms with Gasteiger partial charge in [0, 0.05) is 5.69 Å². The zero-order valence-corrected chi connectivity index (χ0v) is 13.6. The summed E-state index contributed by atoms with van der Waals surface area (Å²) in [6.45, 7) is -0.206. The van der Waals surface area contributed by atoms with Gasteiger partial charge in [-0.2, -0.15) is 5.26 Å². The summed E-state index contributed by atoms with van der Waals surface area (Å²) in [6, 6.07) is 14.1. The van der Waals surface area contributed by atoms with Crippen molar-refractivity contribution in [3.8, 4) is 11.8 Å². The van der Waals surface area contributed by atoms with E-state index in [9.17, 15) is 13.2 Å². The first-order valence-corrected chi connectivity index (χ1v) is 8.39. The first kappa shape index (κ1) is 17.5. The van der Waals surface area contributed by atoms with Crippen LogP contribution in [0.15, 0.2) is 53.4 Å². The van der Waals surface area contributed by atoms with Crippen LogP contribution in [0.1, 0.15) is 5.56 Å². The Hall–Kier alpha value is -2.89. The molecule has 0 aliphatic carbocycles. The van der Waals surface area contributed by atoms with Crippen LogP contribution >= 0.6 is 0 Å². The molecular weight excluding hydrogens is 330 g/mol. The maximum atomic E-state index is 11.8. The predicted molar refractivity (Wildman–Crippen MR) is 88.0 cm³/mol. The molecule has 0 aliphatic heterocycles. The van der Waals surface area contributed by atoms with Crippen molar-refractivity contribution in [2.24, 2.45) is 0 Å². The fourth-order valence-electron chi connectivity index (χ4n) is 1.81. The van der Waals surface area contributed by atoms with E-state index in [1.165, 1.54) is 31.3 Å². The number of carbonyl (C=O) groups is 1. The van der Waals surface area contributed by atoms with Crippen molar-refractivity contribution >= 4 is 21.6 Å². The van der Waals surface area contributed by atoms with Gasteiger partial charge in [-0.15, -0.1) is 0 Å². The largest absolute Gasteiger partial charge is 0.484 e. The van der Waals surface area contributed by atoms with Gasteiger partial charge in [-0.25, -0.2) is 13.1 Å². The van der Waals surface area contributed by atoms with E-state index >= 15 is 0 Å². The lowest BCUT2D eigenvalue weighted by atomic mass is 10.2. The summed E-state index contributed by atoms with van der Waals surface area (Å²) in [5, 5.41) is 11.3. The van der Waals surface area contributed by atoms with Gasteiger partial charge in [-0.1, -0.05) is 0 Å². The molecule has 2 N–H and O–H groups in total. The molecule has 124 valence electrons. The number of nitrogens with one attached hydrogen (secondary N) is 2. The van der Waals surface area contributed by atoms with Crippen molar-refractivity contribution in [1.82, 2.24) is 4.72 Å². The number of anilines is 1. The molecule has 24 heavy (non-hydrogen) atoms. The van der Waals surface area contributed by atoms with Crippen LogP contribution in [0, 0.1) is 11.3 Å². The maximum Gasteiger partial charge on any atom is 0.262 e. The Labute approximate surface area is 139 Å². The molecule has 0 saturated carbocycles. The second-order valence-corrected chi connectivity index (χ2v) is 6.59. The van der Waals surface area contributed by atoms with Gasteiger partial charge in [0.2, 0.25) is 10.0 Å². The van der Waals surface area contributed by atoms with Crippen molar-refractivity contribution in [3.05, 3.63) is 54.1 Å². The van der Waals surface area contributed by atoms with Crippen LogP contribution in [0.4, 0.5) is 5.69 Å². The number of rotatable bonds is 6. The highest BCUT2D eigenvalue weighted by molar-refractivity contribution is 7.89. The Morgan fingerprint density at radius 1 is 1.12 bits per heavy atom. The van der Waals surface area contributed by atoms with Gasteiger partial charge in [-0.3, -0.25) is 4.79 Å². The third-order valence-corrected chi connectivity index (χ3v) is 4.50. The Kier molecular flexibility index (Phi) is 5.52. The van der Waals surface area contributed by atoms with Crippen LogP contribution in [-0.4, -0.2) is 28.0 Å². The van der Waals surface area contributed by atoms with Gasteiger partial charge in [0.25, 0.3) is 5.91 Å². The number of carbonyl (C=O) groups excluding carboxylic acids is 1. The van der Waals surface area contributed by atoms with Crippen LogP contribution in [0.5, 0.6) is 5.75 Å². The highest BCUT2D eigenvalue weighted by Gasteiger charge is 2.11. The first-order chi connectivity index (χ1) is 11.4. The number of ether oxygens (including phenoxy) is 1. The van der Waals surface area contributed by atoms with Crippen molar-refractivity contribution in [2.45, 2.75) is 4.90 Å². The van der Waals surface area contributed by atoms with E-state index < -0.39 is 10.0 Å². The van der Waals surface area contributed by atoms with Gasteiger partial charge in [-0.05, 0) is 55.6 Å². The summed E-state index contributed by atoms with van der Waals surface area (Å²) in [5.41, 5.74) is 0.960. The highest BCUT2D eigenvalue weighted by Crippen LogP contribution is 2.14. The maximum absolute atomic E-state index is 11.8. The Morgan fingerprint density at radius 3 is 2.29 bits per heavy atom. The number of amides is 1. The molecule has 0 heterocycles. The van der Waals surface area contributed by atoms with E-state index in [2.05, 4.69) is 10.0 Å². The average Bonchev–Trinajstić information content (AvgIpc) is 2.61. The molecule has 0 atom stereocenters. The molecule has 0 unspecified atom stereocenters. The van der Waals surface area contributed by atoms with E-state index in [4.69, 9.17) is 10.00 Å². The summed E-state index contributed by atoms with van der Waals surface area (Å²) < 4.78 is 30.7. The SMILES string of the molecule is CNS(=O)(=O)c1ccc(NC(=O)COc2ccc(C#N)cc2)cc1. The lowest BCUT2D eigenvalue weighted by Crippen LogP contribution is -2.20. The highest BCUT2D eigenvalue weighted by atomic mass is 32.2. The van der Waals surface area contributed by atoms with E-state index in [1.807, 2.05) is 6.07 Å². The minimum Gasteiger partial charge on any atom is -0.484 e. The van der Waals surface area contributed by atoms with Crippen LogP contribution in [0.25, 0.3) is 0 Å². The lowest BCUT2D eigenvalue weighted by molar-refractivity contribution is -0.118. The number of benzene rings is 2. The number of hydrogen-bond acceptors (Lipinski definition) is 5. The van der Waals surface area contributed by atoms with Crippen molar-refractivity contribution < 1.29 is 17.9 Å². The zero-order valence-electron chi connectivity index (χ0n) is 12.8. The van der Waals surface area contributed by atoms with Crippen LogP contribution in [0.3, 0.4) is 0 Å². The Balaban J connectivity index is 1.91. The summed E-state index contributed by atoms with van der Waals surface area (Å²) in [7, 11) is -2.18. The fraction of sp³-hybridized carbons (Fsp3) is 0.125. The minimum atomic E-state index is -3.51. The summed E-state index contributed by atoms with van der Waals surface area (Å²) in [4.78, 5) is 11.9. The molecule has 0 bridgehead atoms. The molecule has 0 saturated heterocycles. The molecule has 0 aromatic heterocycles. The molecule has 0 radical (unpaired) electrons. The van der Waals surface area contributed by atoms with Gasteiger partial charge in [0.1, 0.15) is 5.75 Å². The minimum absolute atomic E-state index is 0.108. The first-order valence-electron chi connectivity index (χ1n) is 6.91. The van der Waals surface area contributed by atoms with E-state index in [0.717, 1.165) is 0 Å². The third kappa shape index (κ3) is 4.55. The molecule has 2 aromatic rings. The molecule has 0 spiro atoms. The Bertz CT molecular complexity index is 854. The zero-order chi connectivity index (χ0) is 17.6. The number of hydrogen-bond donors (Lipinski definition) is 2. The molecule has 0 aliphatic rings. The smallest absolute Gasteiger partial charge is 0.262 e. The van der Waals surface area contributed by atoms with E-state index in [-0.39, 0.29) is 17.4 Å². The molecule has 0 fully saturated rings. The van der Waals surface area contributed by atoms with E-state index in [1.54, 1.807) is 24.3 Å². The fourth-order valence-corrected chi connectivity index (χ4v) is 2.54. The summed E-state index contributed by atoms with van der Waals surface area (Å²) >= 11 is 0. The van der Waals surface area contributed by atoms with Crippen molar-refractivity contribution in [2.75, 3.05) is 19.0 Å².